The Hall–Kier alpha value is -2.49. The second-order valence-corrected chi connectivity index (χ2v) is 7.10. The lowest BCUT2D eigenvalue weighted by Gasteiger charge is -2.17. The van der Waals surface area contributed by atoms with Crippen molar-refractivity contribution in [1.82, 2.24) is 10.3 Å². The van der Waals surface area contributed by atoms with Gasteiger partial charge in [-0.25, -0.2) is 4.98 Å². The molecule has 0 spiro atoms. The summed E-state index contributed by atoms with van der Waals surface area (Å²) in [6, 6.07) is 24.0. The third-order valence-electron chi connectivity index (χ3n) is 4.51. The number of fused-ring (bicyclic) bond motifs is 1. The molecule has 4 rings (SSSR count). The van der Waals surface area contributed by atoms with Crippen molar-refractivity contribution in [1.29, 1.82) is 0 Å². The Kier molecular flexibility index (Phi) is 4.59. The lowest BCUT2D eigenvalue weighted by molar-refractivity contribution is 0.578. The smallest absolute Gasteiger partial charge is 0.123 e. The third-order valence-corrected chi connectivity index (χ3v) is 5.33. The fraction of sp³-hybridized carbons (Fsp3) is 0.136. The lowest BCUT2D eigenvalue weighted by atomic mass is 9.99. The molecule has 3 aromatic carbocycles. The van der Waals surface area contributed by atoms with Crippen molar-refractivity contribution >= 4 is 22.1 Å². The molecule has 0 amide bonds. The van der Waals surface area contributed by atoms with Crippen LogP contribution in [0.1, 0.15) is 24.1 Å². The van der Waals surface area contributed by atoms with E-state index in [2.05, 4.69) is 84.0 Å². The van der Waals surface area contributed by atoms with Crippen LogP contribution >= 0.6 is 11.3 Å². The van der Waals surface area contributed by atoms with E-state index >= 15 is 0 Å². The molecule has 0 aliphatic heterocycles. The Morgan fingerprint density at radius 1 is 1.00 bits per heavy atom. The highest BCUT2D eigenvalue weighted by Crippen LogP contribution is 2.25. The van der Waals surface area contributed by atoms with E-state index in [0.717, 1.165) is 11.6 Å². The predicted molar refractivity (Wildman–Crippen MR) is 107 cm³/mol. The van der Waals surface area contributed by atoms with E-state index in [1.165, 1.54) is 27.5 Å². The largest absolute Gasteiger partial charge is 0.306 e. The first-order chi connectivity index (χ1) is 12.3. The molecule has 0 saturated carbocycles. The van der Waals surface area contributed by atoms with E-state index in [-0.39, 0.29) is 6.04 Å². The molecule has 1 N–H and O–H groups in total. The molecule has 25 heavy (non-hydrogen) atoms. The molecule has 4 aromatic rings. The van der Waals surface area contributed by atoms with Crippen LogP contribution in [0.25, 0.3) is 21.3 Å². The van der Waals surface area contributed by atoms with Crippen molar-refractivity contribution in [3.63, 3.8) is 0 Å². The predicted octanol–water partition coefficient (Wildman–Crippen LogP) is 5.81. The highest BCUT2D eigenvalue weighted by atomic mass is 32.1. The van der Waals surface area contributed by atoms with Crippen molar-refractivity contribution in [3.05, 3.63) is 89.4 Å². The van der Waals surface area contributed by atoms with Crippen molar-refractivity contribution in [2.24, 2.45) is 0 Å². The molecule has 124 valence electrons. The fourth-order valence-corrected chi connectivity index (χ4v) is 3.82. The van der Waals surface area contributed by atoms with Crippen molar-refractivity contribution < 1.29 is 0 Å². The van der Waals surface area contributed by atoms with E-state index < -0.39 is 0 Å². The van der Waals surface area contributed by atoms with Crippen LogP contribution in [-0.4, -0.2) is 4.98 Å². The maximum Gasteiger partial charge on any atom is 0.123 e. The summed E-state index contributed by atoms with van der Waals surface area (Å²) in [6.45, 7) is 3.07. The van der Waals surface area contributed by atoms with Crippen LogP contribution in [0, 0.1) is 0 Å². The van der Waals surface area contributed by atoms with Crippen molar-refractivity contribution in [2.75, 3.05) is 0 Å². The minimum atomic E-state index is 0.287. The molecule has 3 heteroatoms. The first kappa shape index (κ1) is 16.0. The zero-order valence-electron chi connectivity index (χ0n) is 14.1. The Bertz CT molecular complexity index is 971. The molecule has 2 nitrogen and oxygen atoms in total. The molecule has 0 aliphatic carbocycles. The van der Waals surface area contributed by atoms with Gasteiger partial charge < -0.3 is 5.32 Å². The van der Waals surface area contributed by atoms with Gasteiger partial charge in [0.25, 0.3) is 0 Å². The van der Waals surface area contributed by atoms with Gasteiger partial charge in [-0.15, -0.1) is 11.3 Å². The molecule has 0 fully saturated rings. The van der Waals surface area contributed by atoms with Gasteiger partial charge in [-0.3, -0.25) is 0 Å². The maximum atomic E-state index is 4.40. The van der Waals surface area contributed by atoms with Gasteiger partial charge in [0.2, 0.25) is 0 Å². The van der Waals surface area contributed by atoms with Gasteiger partial charge in [-0.1, -0.05) is 60.7 Å². The van der Waals surface area contributed by atoms with E-state index in [9.17, 15) is 0 Å². The molecular weight excluding hydrogens is 324 g/mol. The van der Waals surface area contributed by atoms with Crippen LogP contribution in [0.15, 0.2) is 78.3 Å². The summed E-state index contributed by atoms with van der Waals surface area (Å²) in [4.78, 5) is 4.40. The van der Waals surface area contributed by atoms with Crippen molar-refractivity contribution in [2.45, 2.75) is 19.5 Å². The summed E-state index contributed by atoms with van der Waals surface area (Å²) < 4.78 is 0. The van der Waals surface area contributed by atoms with Gasteiger partial charge in [0, 0.05) is 29.7 Å². The second-order valence-electron chi connectivity index (χ2n) is 6.21. The van der Waals surface area contributed by atoms with Crippen molar-refractivity contribution in [3.8, 4) is 10.6 Å². The van der Waals surface area contributed by atoms with Crippen LogP contribution in [0.3, 0.4) is 0 Å². The number of benzene rings is 3. The zero-order valence-corrected chi connectivity index (χ0v) is 15.0. The second kappa shape index (κ2) is 7.18. The number of nitrogens with one attached hydrogen (secondary N) is 1. The monoisotopic (exact) mass is 344 g/mol. The average Bonchev–Trinajstić information content (AvgIpc) is 3.21. The van der Waals surface area contributed by atoms with E-state index in [1.54, 1.807) is 11.3 Å². The maximum absolute atomic E-state index is 4.40. The van der Waals surface area contributed by atoms with Crippen LogP contribution in [0.4, 0.5) is 0 Å². The summed E-state index contributed by atoms with van der Waals surface area (Å²) in [7, 11) is 0. The Labute approximate surface area is 152 Å². The highest BCUT2D eigenvalue weighted by Gasteiger charge is 2.09. The van der Waals surface area contributed by atoms with Crippen LogP contribution in [0.5, 0.6) is 0 Å². The molecular formula is C22H20N2S. The van der Waals surface area contributed by atoms with Gasteiger partial charge in [0.1, 0.15) is 5.01 Å². The Morgan fingerprint density at radius 3 is 2.72 bits per heavy atom. The first-order valence-corrected chi connectivity index (χ1v) is 9.39. The topological polar surface area (TPSA) is 24.9 Å². The van der Waals surface area contributed by atoms with Gasteiger partial charge in [-0.2, -0.15) is 0 Å². The third kappa shape index (κ3) is 3.48. The van der Waals surface area contributed by atoms with Gasteiger partial charge in [0.05, 0.1) is 0 Å². The fourth-order valence-electron chi connectivity index (χ4n) is 3.19. The van der Waals surface area contributed by atoms with E-state index in [1.807, 2.05) is 11.6 Å². The van der Waals surface area contributed by atoms with Gasteiger partial charge >= 0.3 is 0 Å². The van der Waals surface area contributed by atoms with E-state index in [4.69, 9.17) is 0 Å². The number of aromatic nitrogens is 1. The van der Waals surface area contributed by atoms with Crippen LogP contribution in [-0.2, 0) is 6.54 Å². The molecule has 1 atom stereocenters. The quantitative estimate of drug-likeness (QED) is 0.494. The zero-order chi connectivity index (χ0) is 17.1. The Morgan fingerprint density at radius 2 is 1.84 bits per heavy atom. The first-order valence-electron chi connectivity index (χ1n) is 8.51. The minimum absolute atomic E-state index is 0.287. The summed E-state index contributed by atoms with van der Waals surface area (Å²) in [6.07, 6.45) is 1.85. The summed E-state index contributed by atoms with van der Waals surface area (Å²) >= 11 is 1.68. The number of hydrogen-bond donors (Lipinski definition) is 1. The molecule has 0 aliphatic rings. The standard InChI is InChI=1S/C22H20N2S/c1-16(20-11-5-8-18-7-2-3-10-21(18)20)24-15-17-6-4-9-19(14-17)22-23-12-13-25-22/h2-14,16,24H,15H2,1H3/t16-/m1/s1. The number of nitrogens with zero attached hydrogens (tertiary/aromatic N) is 1. The Balaban J connectivity index is 1.52. The average molecular weight is 344 g/mol. The summed E-state index contributed by atoms with van der Waals surface area (Å²) in [5.41, 5.74) is 3.81. The highest BCUT2D eigenvalue weighted by molar-refractivity contribution is 7.13. The summed E-state index contributed by atoms with van der Waals surface area (Å²) in [5, 5.41) is 9.36. The molecule has 1 heterocycles. The molecule has 0 bridgehead atoms. The molecule has 0 saturated heterocycles. The van der Waals surface area contributed by atoms with E-state index in [0.29, 0.717) is 0 Å². The number of hydrogen-bond acceptors (Lipinski definition) is 3. The number of rotatable bonds is 5. The normalized spacial score (nSPS) is 12.4. The molecule has 0 unspecified atom stereocenters. The molecule has 1 aromatic heterocycles. The molecule has 0 radical (unpaired) electrons. The lowest BCUT2D eigenvalue weighted by Crippen LogP contribution is -2.18. The minimum Gasteiger partial charge on any atom is -0.306 e. The summed E-state index contributed by atoms with van der Waals surface area (Å²) in [5.74, 6) is 0. The van der Waals surface area contributed by atoms with Crippen LogP contribution < -0.4 is 5.32 Å². The van der Waals surface area contributed by atoms with Gasteiger partial charge in [0.15, 0.2) is 0 Å². The SMILES string of the molecule is C[C@@H](NCc1cccc(-c2nccs2)c1)c1cccc2ccccc12. The number of thiazole rings is 1. The van der Waals surface area contributed by atoms with Gasteiger partial charge in [-0.05, 0) is 34.9 Å². The van der Waals surface area contributed by atoms with Crippen LogP contribution in [0.2, 0.25) is 0 Å².